The fourth-order valence-electron chi connectivity index (χ4n) is 3.08. The molecule has 1 unspecified atom stereocenters. The monoisotopic (exact) mass is 263 g/mol. The molecule has 0 aromatic heterocycles. The molecule has 0 radical (unpaired) electrons. The summed E-state index contributed by atoms with van der Waals surface area (Å²) in [5.41, 5.74) is 1.48. The Bertz CT molecular complexity index is 590. The molecule has 1 saturated heterocycles. The standard InChI is InChI=1S/C18H17NO/c1-17(13-19)12-18(14-20-17,15-8-4-2-5-9-15)16-10-6-3-7-11-16/h2-11H,12,14H2,1H3. The smallest absolute Gasteiger partial charge is 0.152 e. The molecule has 1 aliphatic heterocycles. The normalized spacial score (nSPS) is 24.2. The lowest BCUT2D eigenvalue weighted by Crippen LogP contribution is -2.30. The Balaban J connectivity index is 2.14. The van der Waals surface area contributed by atoms with Crippen LogP contribution >= 0.6 is 0 Å². The van der Waals surface area contributed by atoms with Crippen molar-refractivity contribution in [3.63, 3.8) is 0 Å². The Morgan fingerprint density at radius 1 is 0.950 bits per heavy atom. The van der Waals surface area contributed by atoms with E-state index in [9.17, 15) is 5.26 Å². The third kappa shape index (κ3) is 2.01. The molecule has 2 aromatic carbocycles. The Morgan fingerprint density at radius 2 is 1.45 bits per heavy atom. The molecule has 0 aliphatic carbocycles. The average molecular weight is 263 g/mol. The summed E-state index contributed by atoms with van der Waals surface area (Å²) in [6.45, 7) is 2.42. The molecule has 2 aromatic rings. The highest BCUT2D eigenvalue weighted by molar-refractivity contribution is 5.42. The number of nitriles is 1. The van der Waals surface area contributed by atoms with E-state index in [2.05, 4.69) is 30.3 Å². The summed E-state index contributed by atoms with van der Waals surface area (Å²) in [6, 6.07) is 23.0. The zero-order valence-corrected chi connectivity index (χ0v) is 11.5. The Hall–Kier alpha value is -2.11. The molecule has 2 heteroatoms. The summed E-state index contributed by atoms with van der Waals surface area (Å²) >= 11 is 0. The zero-order valence-electron chi connectivity index (χ0n) is 11.5. The Labute approximate surface area is 119 Å². The lowest BCUT2D eigenvalue weighted by atomic mass is 9.71. The van der Waals surface area contributed by atoms with Crippen LogP contribution in [0.1, 0.15) is 24.5 Å². The first-order valence-electron chi connectivity index (χ1n) is 6.85. The van der Waals surface area contributed by atoms with Gasteiger partial charge in [0.25, 0.3) is 0 Å². The number of hydrogen-bond acceptors (Lipinski definition) is 2. The van der Waals surface area contributed by atoms with Gasteiger partial charge in [-0.25, -0.2) is 0 Å². The topological polar surface area (TPSA) is 33.0 Å². The van der Waals surface area contributed by atoms with Crippen LogP contribution in [-0.2, 0) is 10.2 Å². The number of rotatable bonds is 2. The van der Waals surface area contributed by atoms with Crippen LogP contribution in [-0.4, -0.2) is 12.2 Å². The number of benzene rings is 2. The van der Waals surface area contributed by atoms with Crippen molar-refractivity contribution in [1.82, 2.24) is 0 Å². The van der Waals surface area contributed by atoms with Gasteiger partial charge in [0.05, 0.1) is 12.7 Å². The lowest BCUT2D eigenvalue weighted by molar-refractivity contribution is 0.0648. The lowest BCUT2D eigenvalue weighted by Gasteiger charge is -2.29. The van der Waals surface area contributed by atoms with Gasteiger partial charge in [-0.15, -0.1) is 0 Å². The van der Waals surface area contributed by atoms with Gasteiger partial charge in [-0.3, -0.25) is 0 Å². The maximum Gasteiger partial charge on any atom is 0.152 e. The fraction of sp³-hybridized carbons (Fsp3) is 0.278. The van der Waals surface area contributed by atoms with Crippen LogP contribution in [0.15, 0.2) is 60.7 Å². The minimum absolute atomic E-state index is 0.229. The van der Waals surface area contributed by atoms with Gasteiger partial charge >= 0.3 is 0 Å². The average Bonchev–Trinajstić information content (AvgIpc) is 2.89. The third-order valence-corrected chi connectivity index (χ3v) is 4.17. The molecule has 3 rings (SSSR count). The molecule has 1 aliphatic rings. The predicted octanol–water partition coefficient (Wildman–Crippen LogP) is 3.68. The van der Waals surface area contributed by atoms with Crippen molar-refractivity contribution >= 4 is 0 Å². The molecular formula is C18H17NO. The number of ether oxygens (including phenoxy) is 1. The molecule has 1 atom stereocenters. The van der Waals surface area contributed by atoms with Crippen LogP contribution in [0.4, 0.5) is 0 Å². The maximum atomic E-state index is 9.38. The zero-order chi connectivity index (χ0) is 14.1. The van der Waals surface area contributed by atoms with Gasteiger partial charge in [-0.05, 0) is 18.1 Å². The molecule has 20 heavy (non-hydrogen) atoms. The molecule has 1 heterocycles. The second kappa shape index (κ2) is 4.77. The first-order valence-corrected chi connectivity index (χ1v) is 6.85. The largest absolute Gasteiger partial charge is 0.359 e. The molecule has 2 nitrogen and oxygen atoms in total. The minimum atomic E-state index is -0.717. The molecule has 0 amide bonds. The summed E-state index contributed by atoms with van der Waals surface area (Å²) < 4.78 is 5.85. The summed E-state index contributed by atoms with van der Waals surface area (Å²) in [6.07, 6.45) is 0.685. The molecular weight excluding hydrogens is 246 g/mol. The van der Waals surface area contributed by atoms with Gasteiger partial charge in [-0.2, -0.15) is 5.26 Å². The number of nitrogens with zero attached hydrogens (tertiary/aromatic N) is 1. The van der Waals surface area contributed by atoms with Gasteiger partial charge in [0.2, 0.25) is 0 Å². The van der Waals surface area contributed by atoms with Gasteiger partial charge < -0.3 is 4.74 Å². The van der Waals surface area contributed by atoms with E-state index in [-0.39, 0.29) is 5.41 Å². The van der Waals surface area contributed by atoms with Crippen molar-refractivity contribution in [2.75, 3.05) is 6.61 Å². The summed E-state index contributed by atoms with van der Waals surface area (Å²) in [5, 5.41) is 9.38. The van der Waals surface area contributed by atoms with Crippen LogP contribution in [0.3, 0.4) is 0 Å². The van der Waals surface area contributed by atoms with E-state index in [4.69, 9.17) is 4.74 Å². The van der Waals surface area contributed by atoms with E-state index in [0.717, 1.165) is 0 Å². The van der Waals surface area contributed by atoms with E-state index >= 15 is 0 Å². The SMILES string of the molecule is CC1(C#N)CC(c2ccccc2)(c2ccccc2)CO1. The molecule has 100 valence electrons. The van der Waals surface area contributed by atoms with Crippen molar-refractivity contribution in [3.05, 3.63) is 71.8 Å². The Morgan fingerprint density at radius 3 is 1.85 bits per heavy atom. The quantitative estimate of drug-likeness (QED) is 0.828. The summed E-state index contributed by atoms with van der Waals surface area (Å²) in [4.78, 5) is 0. The van der Waals surface area contributed by atoms with Gasteiger partial charge in [0.15, 0.2) is 5.60 Å². The highest BCUT2D eigenvalue weighted by Gasteiger charge is 2.49. The summed E-state index contributed by atoms with van der Waals surface area (Å²) in [5.74, 6) is 0. The molecule has 1 fully saturated rings. The van der Waals surface area contributed by atoms with Crippen molar-refractivity contribution in [3.8, 4) is 6.07 Å². The molecule has 0 bridgehead atoms. The van der Waals surface area contributed by atoms with E-state index < -0.39 is 5.60 Å². The van der Waals surface area contributed by atoms with Gasteiger partial charge in [0.1, 0.15) is 0 Å². The number of hydrogen-bond donors (Lipinski definition) is 0. The van der Waals surface area contributed by atoms with Crippen LogP contribution in [0, 0.1) is 11.3 Å². The first-order chi connectivity index (χ1) is 9.69. The second-order valence-corrected chi connectivity index (χ2v) is 5.62. The minimum Gasteiger partial charge on any atom is -0.359 e. The van der Waals surface area contributed by atoms with Crippen molar-refractivity contribution in [2.24, 2.45) is 0 Å². The second-order valence-electron chi connectivity index (χ2n) is 5.62. The van der Waals surface area contributed by atoms with E-state index in [1.165, 1.54) is 11.1 Å². The van der Waals surface area contributed by atoms with E-state index in [0.29, 0.717) is 13.0 Å². The fourth-order valence-corrected chi connectivity index (χ4v) is 3.08. The van der Waals surface area contributed by atoms with Crippen molar-refractivity contribution < 1.29 is 4.74 Å². The van der Waals surface area contributed by atoms with Gasteiger partial charge in [-0.1, -0.05) is 60.7 Å². The van der Waals surface area contributed by atoms with Crippen molar-refractivity contribution in [2.45, 2.75) is 24.4 Å². The third-order valence-electron chi connectivity index (χ3n) is 4.17. The van der Waals surface area contributed by atoms with Gasteiger partial charge in [0, 0.05) is 11.8 Å². The molecule has 0 spiro atoms. The van der Waals surface area contributed by atoms with Crippen LogP contribution in [0.5, 0.6) is 0 Å². The van der Waals surface area contributed by atoms with Crippen LogP contribution in [0.25, 0.3) is 0 Å². The van der Waals surface area contributed by atoms with Crippen LogP contribution < -0.4 is 0 Å². The molecule has 0 saturated carbocycles. The maximum absolute atomic E-state index is 9.38. The summed E-state index contributed by atoms with van der Waals surface area (Å²) in [7, 11) is 0. The first kappa shape index (κ1) is 12.9. The predicted molar refractivity (Wildman–Crippen MR) is 78.3 cm³/mol. The highest BCUT2D eigenvalue weighted by Crippen LogP contribution is 2.46. The Kier molecular flexibility index (Phi) is 3.08. The van der Waals surface area contributed by atoms with E-state index in [1.807, 2.05) is 43.3 Å². The highest BCUT2D eigenvalue weighted by atomic mass is 16.5. The van der Waals surface area contributed by atoms with E-state index in [1.54, 1.807) is 0 Å². The molecule has 0 N–H and O–H groups in total. The van der Waals surface area contributed by atoms with Crippen molar-refractivity contribution in [1.29, 1.82) is 5.26 Å². The van der Waals surface area contributed by atoms with Crippen LogP contribution in [0.2, 0.25) is 0 Å².